The van der Waals surface area contributed by atoms with Crippen molar-refractivity contribution in [3.63, 3.8) is 0 Å². The lowest BCUT2D eigenvalue weighted by molar-refractivity contribution is -0.439. The molecule has 6 nitrogen and oxygen atoms in total. The summed E-state index contributed by atoms with van der Waals surface area (Å²) in [6, 6.07) is 9.72. The average molecular weight is 312 g/mol. The highest BCUT2D eigenvalue weighted by Gasteiger charge is 2.49. The molecule has 1 aromatic rings. The minimum atomic E-state index is -1.18. The third-order valence-corrected chi connectivity index (χ3v) is 4.00. The molecule has 2 rings (SSSR count). The molecule has 1 saturated heterocycles. The Balaban J connectivity index is 2.22. The second-order valence-corrected chi connectivity index (χ2v) is 5.45. The van der Waals surface area contributed by atoms with E-state index in [0.717, 1.165) is 5.56 Å². The van der Waals surface area contributed by atoms with Crippen LogP contribution >= 0.6 is 0 Å². The zero-order valence-electron chi connectivity index (χ0n) is 13.2. The van der Waals surface area contributed by atoms with Gasteiger partial charge in [-0.3, -0.25) is 0 Å². The molecule has 0 radical (unpaired) electrons. The van der Waals surface area contributed by atoms with Crippen LogP contribution in [-0.2, 0) is 30.3 Å². The number of ether oxygens (including phenoxy) is 4. The van der Waals surface area contributed by atoms with E-state index in [1.165, 1.54) is 0 Å². The minimum Gasteiger partial charge on any atom is -0.382 e. The van der Waals surface area contributed by atoms with Crippen molar-refractivity contribution in [2.75, 3.05) is 27.9 Å². The standard InChI is InChI=1S/C16H24O6/c1-18-11-14-15(20-3)13(19-2)10-16(21-14,22-17)9-12-7-5-4-6-8-12/h4-8,13-15,17H,9-11H2,1-3H3/t13-,14?,15?,16-/m1/s1. The smallest absolute Gasteiger partial charge is 0.208 e. The van der Waals surface area contributed by atoms with Crippen molar-refractivity contribution in [1.82, 2.24) is 0 Å². The first kappa shape index (κ1) is 17.3. The van der Waals surface area contributed by atoms with Gasteiger partial charge in [0.15, 0.2) is 0 Å². The molecule has 0 aliphatic carbocycles. The number of benzene rings is 1. The van der Waals surface area contributed by atoms with Gasteiger partial charge in [0, 0.05) is 34.2 Å². The summed E-state index contributed by atoms with van der Waals surface area (Å²) in [5.41, 5.74) is 0.999. The van der Waals surface area contributed by atoms with Crippen molar-refractivity contribution in [2.45, 2.75) is 36.9 Å². The van der Waals surface area contributed by atoms with Crippen molar-refractivity contribution in [1.29, 1.82) is 0 Å². The molecule has 0 saturated carbocycles. The minimum absolute atomic E-state index is 0.269. The molecule has 0 aromatic heterocycles. The van der Waals surface area contributed by atoms with E-state index < -0.39 is 11.9 Å². The first-order valence-corrected chi connectivity index (χ1v) is 7.27. The van der Waals surface area contributed by atoms with Crippen molar-refractivity contribution in [2.24, 2.45) is 0 Å². The van der Waals surface area contributed by atoms with Gasteiger partial charge in [-0.1, -0.05) is 30.3 Å². The van der Waals surface area contributed by atoms with Gasteiger partial charge in [0.25, 0.3) is 0 Å². The van der Waals surface area contributed by atoms with Crippen molar-refractivity contribution < 1.29 is 29.1 Å². The molecule has 6 heteroatoms. The van der Waals surface area contributed by atoms with Crippen LogP contribution in [0.15, 0.2) is 30.3 Å². The number of hydrogen-bond donors (Lipinski definition) is 1. The zero-order valence-corrected chi connectivity index (χ0v) is 13.2. The van der Waals surface area contributed by atoms with Crippen molar-refractivity contribution in [3.05, 3.63) is 35.9 Å². The molecule has 124 valence electrons. The molecule has 22 heavy (non-hydrogen) atoms. The first-order chi connectivity index (χ1) is 10.7. The zero-order chi connectivity index (χ0) is 16.0. The van der Waals surface area contributed by atoms with Crippen molar-refractivity contribution >= 4 is 0 Å². The van der Waals surface area contributed by atoms with Gasteiger partial charge >= 0.3 is 0 Å². The van der Waals surface area contributed by atoms with E-state index in [9.17, 15) is 5.26 Å². The molecule has 2 unspecified atom stereocenters. The first-order valence-electron chi connectivity index (χ1n) is 7.27. The maximum absolute atomic E-state index is 9.50. The Hall–Kier alpha value is -1.02. The summed E-state index contributed by atoms with van der Waals surface area (Å²) in [6.07, 6.45) is -0.197. The van der Waals surface area contributed by atoms with Crippen molar-refractivity contribution in [3.8, 4) is 0 Å². The van der Waals surface area contributed by atoms with E-state index in [4.69, 9.17) is 23.8 Å². The second kappa shape index (κ2) is 8.01. The highest BCUT2D eigenvalue weighted by atomic mass is 17.1. The monoisotopic (exact) mass is 312 g/mol. The quantitative estimate of drug-likeness (QED) is 0.612. The van der Waals surface area contributed by atoms with E-state index in [2.05, 4.69) is 0 Å². The molecule has 1 N–H and O–H groups in total. The van der Waals surface area contributed by atoms with Crippen LogP contribution in [0, 0.1) is 0 Å². The lowest BCUT2D eigenvalue weighted by Crippen LogP contribution is -2.58. The third-order valence-electron chi connectivity index (χ3n) is 4.00. The average Bonchev–Trinajstić information content (AvgIpc) is 2.55. The fraction of sp³-hybridized carbons (Fsp3) is 0.625. The van der Waals surface area contributed by atoms with Gasteiger partial charge < -0.3 is 18.9 Å². The van der Waals surface area contributed by atoms with Crippen LogP contribution in [0.25, 0.3) is 0 Å². The highest BCUT2D eigenvalue weighted by Crippen LogP contribution is 2.35. The molecule has 1 heterocycles. The van der Waals surface area contributed by atoms with Crippen LogP contribution in [0.5, 0.6) is 0 Å². The lowest BCUT2D eigenvalue weighted by atomic mass is 9.91. The molecular formula is C16H24O6. The summed E-state index contributed by atoms with van der Waals surface area (Å²) < 4.78 is 22.2. The summed E-state index contributed by atoms with van der Waals surface area (Å²) in [4.78, 5) is 4.77. The predicted octanol–water partition coefficient (Wildman–Crippen LogP) is 1.88. The van der Waals surface area contributed by atoms with Gasteiger partial charge in [-0.15, -0.1) is 0 Å². The molecular weight excluding hydrogens is 288 g/mol. The maximum atomic E-state index is 9.50. The largest absolute Gasteiger partial charge is 0.382 e. The molecule has 1 fully saturated rings. The summed E-state index contributed by atoms with van der Waals surface area (Å²) >= 11 is 0. The summed E-state index contributed by atoms with van der Waals surface area (Å²) in [6.45, 7) is 0.318. The van der Waals surface area contributed by atoms with Gasteiger partial charge in [-0.25, -0.2) is 10.1 Å². The molecule has 0 spiro atoms. The molecule has 0 amide bonds. The Labute approximate surface area is 130 Å². The molecule has 1 aliphatic heterocycles. The number of methoxy groups -OCH3 is 3. The fourth-order valence-electron chi connectivity index (χ4n) is 2.98. The Morgan fingerprint density at radius 2 is 1.91 bits per heavy atom. The lowest BCUT2D eigenvalue weighted by Gasteiger charge is -2.45. The SMILES string of the molecule is COCC1O[C@](Cc2ccccc2)(OO)C[C@@H](OC)C1OC. The van der Waals surface area contributed by atoms with E-state index in [-0.39, 0.29) is 12.2 Å². The summed E-state index contributed by atoms with van der Waals surface area (Å²) in [5, 5.41) is 9.50. The van der Waals surface area contributed by atoms with E-state index >= 15 is 0 Å². The van der Waals surface area contributed by atoms with Crippen LogP contribution in [-0.4, -0.2) is 57.3 Å². The normalized spacial score (nSPS) is 32.1. The topological polar surface area (TPSA) is 66.4 Å². The fourth-order valence-corrected chi connectivity index (χ4v) is 2.98. The van der Waals surface area contributed by atoms with Crippen LogP contribution in [0.4, 0.5) is 0 Å². The van der Waals surface area contributed by atoms with Gasteiger partial charge in [-0.05, 0) is 5.56 Å². The van der Waals surface area contributed by atoms with Crippen LogP contribution in [0.3, 0.4) is 0 Å². The Kier molecular flexibility index (Phi) is 6.31. The van der Waals surface area contributed by atoms with E-state index in [0.29, 0.717) is 19.4 Å². The van der Waals surface area contributed by atoms with Gasteiger partial charge in [0.2, 0.25) is 5.79 Å². The van der Waals surface area contributed by atoms with Crippen LogP contribution in [0.1, 0.15) is 12.0 Å². The van der Waals surface area contributed by atoms with E-state index in [1.54, 1.807) is 21.3 Å². The molecule has 4 atom stereocenters. The van der Waals surface area contributed by atoms with Gasteiger partial charge in [0.1, 0.15) is 12.2 Å². The highest BCUT2D eigenvalue weighted by molar-refractivity contribution is 5.17. The van der Waals surface area contributed by atoms with E-state index in [1.807, 2.05) is 30.3 Å². The number of hydrogen-bond acceptors (Lipinski definition) is 6. The van der Waals surface area contributed by atoms with Crippen LogP contribution < -0.4 is 0 Å². The predicted molar refractivity (Wildman–Crippen MR) is 79.6 cm³/mol. The Morgan fingerprint density at radius 1 is 1.18 bits per heavy atom. The van der Waals surface area contributed by atoms with Crippen LogP contribution in [0.2, 0.25) is 0 Å². The number of rotatable bonds is 7. The Bertz CT molecular complexity index is 440. The summed E-state index contributed by atoms with van der Waals surface area (Å²) in [7, 11) is 4.80. The molecule has 0 bridgehead atoms. The molecule has 1 aliphatic rings. The molecule has 1 aromatic carbocycles. The van der Waals surface area contributed by atoms with Gasteiger partial charge in [0.05, 0.1) is 12.7 Å². The maximum Gasteiger partial charge on any atom is 0.208 e. The second-order valence-electron chi connectivity index (χ2n) is 5.45. The Morgan fingerprint density at radius 3 is 2.45 bits per heavy atom. The third kappa shape index (κ3) is 3.84. The summed E-state index contributed by atoms with van der Waals surface area (Å²) in [5.74, 6) is -1.18. The van der Waals surface area contributed by atoms with Gasteiger partial charge in [-0.2, -0.15) is 0 Å².